The average Bonchev–Trinajstić information content (AvgIpc) is 2.73. The lowest BCUT2D eigenvalue weighted by Gasteiger charge is -2.12. The van der Waals surface area contributed by atoms with Gasteiger partial charge in [-0.1, -0.05) is 0 Å². The fourth-order valence-electron chi connectivity index (χ4n) is 1.57. The third kappa shape index (κ3) is 1.69. The van der Waals surface area contributed by atoms with E-state index in [9.17, 15) is 5.11 Å². The maximum Gasteiger partial charge on any atom is 0.134 e. The second-order valence-electron chi connectivity index (χ2n) is 3.30. The summed E-state index contributed by atoms with van der Waals surface area (Å²) < 4.78 is 10.4. The summed E-state index contributed by atoms with van der Waals surface area (Å²) in [5, 5.41) is 10.6. The molecule has 0 aliphatic carbocycles. The molecule has 1 aromatic heterocycles. The van der Waals surface area contributed by atoms with Gasteiger partial charge in [0.05, 0.1) is 19.5 Å². The summed E-state index contributed by atoms with van der Waals surface area (Å²) in [6.45, 7) is 0.155. The van der Waals surface area contributed by atoms with Crippen LogP contribution in [0, 0.1) is 0 Å². The number of benzene rings is 1. The lowest BCUT2D eigenvalue weighted by Crippen LogP contribution is -2.12. The highest BCUT2D eigenvalue weighted by Crippen LogP contribution is 2.30. The maximum absolute atomic E-state index is 9.69. The van der Waals surface area contributed by atoms with Crippen molar-refractivity contribution in [1.82, 2.24) is 0 Å². The minimum atomic E-state index is -0.727. The molecule has 0 bridgehead atoms. The smallest absolute Gasteiger partial charge is 0.134 e. The molecular weight excluding hydrogens is 194 g/mol. The Morgan fingerprint density at radius 1 is 1.53 bits per heavy atom. The molecule has 0 fully saturated rings. The fourth-order valence-corrected chi connectivity index (χ4v) is 1.57. The van der Waals surface area contributed by atoms with Gasteiger partial charge in [0.25, 0.3) is 0 Å². The maximum atomic E-state index is 9.69. The number of ether oxygens (including phenoxy) is 1. The van der Waals surface area contributed by atoms with E-state index in [0.717, 1.165) is 11.0 Å². The van der Waals surface area contributed by atoms with Gasteiger partial charge in [0.15, 0.2) is 0 Å². The molecule has 80 valence electrons. The number of nitrogens with two attached hydrogens (primary N) is 1. The molecule has 2 aromatic rings. The van der Waals surface area contributed by atoms with E-state index in [-0.39, 0.29) is 6.54 Å². The van der Waals surface area contributed by atoms with Crippen LogP contribution in [0.2, 0.25) is 0 Å². The van der Waals surface area contributed by atoms with Crippen molar-refractivity contribution in [2.45, 2.75) is 6.10 Å². The van der Waals surface area contributed by atoms with Crippen LogP contribution in [0.15, 0.2) is 28.9 Å². The van der Waals surface area contributed by atoms with Crippen LogP contribution in [0.3, 0.4) is 0 Å². The van der Waals surface area contributed by atoms with Crippen LogP contribution in [-0.2, 0) is 0 Å². The second-order valence-corrected chi connectivity index (χ2v) is 3.30. The molecule has 0 saturated carbocycles. The Balaban J connectivity index is 2.59. The zero-order chi connectivity index (χ0) is 10.8. The summed E-state index contributed by atoms with van der Waals surface area (Å²) in [4.78, 5) is 0. The van der Waals surface area contributed by atoms with Crippen LogP contribution in [-0.4, -0.2) is 18.8 Å². The first-order valence-electron chi connectivity index (χ1n) is 4.69. The van der Waals surface area contributed by atoms with Crippen LogP contribution in [0.4, 0.5) is 0 Å². The third-order valence-corrected chi connectivity index (χ3v) is 2.39. The normalized spacial score (nSPS) is 13.0. The molecule has 0 radical (unpaired) electrons. The largest absolute Gasteiger partial charge is 0.496 e. The standard InChI is InChI=1S/C11H13NO3/c1-14-11-4-7-2-3-15-10(7)5-8(11)9(13)6-12/h2-5,9,13H,6,12H2,1H3. The van der Waals surface area contributed by atoms with E-state index in [1.165, 1.54) is 0 Å². The van der Waals surface area contributed by atoms with Gasteiger partial charge in [-0.05, 0) is 18.2 Å². The fraction of sp³-hybridized carbons (Fsp3) is 0.273. The van der Waals surface area contributed by atoms with E-state index < -0.39 is 6.10 Å². The molecule has 0 amide bonds. The minimum Gasteiger partial charge on any atom is -0.496 e. The van der Waals surface area contributed by atoms with E-state index in [2.05, 4.69) is 0 Å². The van der Waals surface area contributed by atoms with Crippen LogP contribution >= 0.6 is 0 Å². The zero-order valence-corrected chi connectivity index (χ0v) is 8.43. The molecule has 0 spiro atoms. The average molecular weight is 207 g/mol. The number of methoxy groups -OCH3 is 1. The summed E-state index contributed by atoms with van der Waals surface area (Å²) in [5.41, 5.74) is 6.79. The summed E-state index contributed by atoms with van der Waals surface area (Å²) in [6, 6.07) is 5.43. The van der Waals surface area contributed by atoms with Crippen molar-refractivity contribution in [3.05, 3.63) is 30.0 Å². The summed E-state index contributed by atoms with van der Waals surface area (Å²) in [5.74, 6) is 0.627. The Morgan fingerprint density at radius 2 is 2.33 bits per heavy atom. The van der Waals surface area contributed by atoms with Gasteiger partial charge in [-0.3, -0.25) is 0 Å². The van der Waals surface area contributed by atoms with E-state index in [4.69, 9.17) is 14.9 Å². The SMILES string of the molecule is COc1cc2ccoc2cc1C(O)CN. The highest BCUT2D eigenvalue weighted by Gasteiger charge is 2.13. The van der Waals surface area contributed by atoms with E-state index in [0.29, 0.717) is 11.3 Å². The molecule has 3 N–H and O–H groups in total. The van der Waals surface area contributed by atoms with E-state index in [1.54, 1.807) is 19.4 Å². The molecule has 0 saturated heterocycles. The number of fused-ring (bicyclic) bond motifs is 1. The summed E-state index contributed by atoms with van der Waals surface area (Å²) in [6.07, 6.45) is 0.873. The predicted molar refractivity (Wildman–Crippen MR) is 56.8 cm³/mol. The van der Waals surface area contributed by atoms with E-state index >= 15 is 0 Å². The highest BCUT2D eigenvalue weighted by atomic mass is 16.5. The molecule has 1 unspecified atom stereocenters. The zero-order valence-electron chi connectivity index (χ0n) is 8.43. The first kappa shape index (κ1) is 10.0. The number of aliphatic hydroxyl groups excluding tert-OH is 1. The van der Waals surface area contributed by atoms with Crippen LogP contribution in [0.25, 0.3) is 11.0 Å². The molecule has 1 heterocycles. The van der Waals surface area contributed by atoms with Crippen LogP contribution in [0.1, 0.15) is 11.7 Å². The van der Waals surface area contributed by atoms with Gasteiger partial charge in [0, 0.05) is 17.5 Å². The quantitative estimate of drug-likeness (QED) is 0.798. The molecule has 15 heavy (non-hydrogen) atoms. The van der Waals surface area contributed by atoms with Crippen molar-refractivity contribution in [1.29, 1.82) is 0 Å². The van der Waals surface area contributed by atoms with Gasteiger partial charge in [-0.25, -0.2) is 0 Å². The van der Waals surface area contributed by atoms with Gasteiger partial charge in [-0.2, -0.15) is 0 Å². The number of furan rings is 1. The minimum absolute atomic E-state index is 0.155. The van der Waals surface area contributed by atoms with Crippen molar-refractivity contribution >= 4 is 11.0 Å². The number of aliphatic hydroxyl groups is 1. The lowest BCUT2D eigenvalue weighted by atomic mass is 10.1. The summed E-state index contributed by atoms with van der Waals surface area (Å²) >= 11 is 0. The van der Waals surface area contributed by atoms with Crippen molar-refractivity contribution in [2.24, 2.45) is 5.73 Å². The Kier molecular flexibility index (Phi) is 2.62. The van der Waals surface area contributed by atoms with Crippen LogP contribution < -0.4 is 10.5 Å². The molecule has 1 atom stereocenters. The van der Waals surface area contributed by atoms with Gasteiger partial charge in [0.2, 0.25) is 0 Å². The molecule has 0 aliphatic rings. The van der Waals surface area contributed by atoms with E-state index in [1.807, 2.05) is 12.1 Å². The Bertz CT molecular complexity index is 464. The van der Waals surface area contributed by atoms with Gasteiger partial charge in [-0.15, -0.1) is 0 Å². The van der Waals surface area contributed by atoms with Gasteiger partial charge in [0.1, 0.15) is 11.3 Å². The van der Waals surface area contributed by atoms with Crippen molar-refractivity contribution < 1.29 is 14.3 Å². The predicted octanol–water partition coefficient (Wildman–Crippen LogP) is 1.43. The van der Waals surface area contributed by atoms with Crippen LogP contribution in [0.5, 0.6) is 5.75 Å². The van der Waals surface area contributed by atoms with Crippen molar-refractivity contribution in [3.63, 3.8) is 0 Å². The Labute approximate surface area is 87.2 Å². The first-order valence-corrected chi connectivity index (χ1v) is 4.69. The van der Waals surface area contributed by atoms with Gasteiger partial charge >= 0.3 is 0 Å². The molecule has 4 nitrogen and oxygen atoms in total. The number of hydrogen-bond donors (Lipinski definition) is 2. The summed E-state index contributed by atoms with van der Waals surface area (Å²) in [7, 11) is 1.56. The number of rotatable bonds is 3. The molecule has 4 heteroatoms. The third-order valence-electron chi connectivity index (χ3n) is 2.39. The second kappa shape index (κ2) is 3.92. The molecule has 2 rings (SSSR count). The topological polar surface area (TPSA) is 68.6 Å². The molecular formula is C11H13NO3. The Hall–Kier alpha value is -1.52. The van der Waals surface area contributed by atoms with Gasteiger partial charge < -0.3 is 20.0 Å². The highest BCUT2D eigenvalue weighted by molar-refractivity contribution is 5.80. The first-order chi connectivity index (χ1) is 7.26. The number of hydrogen-bond acceptors (Lipinski definition) is 4. The van der Waals surface area contributed by atoms with Crippen molar-refractivity contribution in [2.75, 3.05) is 13.7 Å². The molecule has 0 aliphatic heterocycles. The molecule has 1 aromatic carbocycles. The van der Waals surface area contributed by atoms with Crippen molar-refractivity contribution in [3.8, 4) is 5.75 Å². The lowest BCUT2D eigenvalue weighted by molar-refractivity contribution is 0.182. The Morgan fingerprint density at radius 3 is 3.00 bits per heavy atom. The monoisotopic (exact) mass is 207 g/mol.